The minimum absolute atomic E-state index is 0. The molecular weight excluding hydrogens is 316 g/mol. The lowest BCUT2D eigenvalue weighted by molar-refractivity contribution is 0.163. The molecule has 1 fully saturated rings. The number of likely N-dealkylation sites (tertiary alicyclic amines) is 1. The average molecular weight is 338 g/mol. The van der Waals surface area contributed by atoms with E-state index in [2.05, 4.69) is 31.2 Å². The van der Waals surface area contributed by atoms with E-state index >= 15 is 0 Å². The van der Waals surface area contributed by atoms with Gasteiger partial charge in [0.05, 0.1) is 16.4 Å². The standard InChI is InChI=1S/C12H21BrN4.ClH/c1-14-6-10-4-3-5-17(8-10)9-12-11(13)7-15-16(12)2;/h7,10,14H,3-6,8-9H2,1-2H3;1H. The second kappa shape index (κ2) is 7.48. The van der Waals surface area contributed by atoms with Crippen LogP contribution >= 0.6 is 28.3 Å². The Morgan fingerprint density at radius 3 is 2.94 bits per heavy atom. The summed E-state index contributed by atoms with van der Waals surface area (Å²) in [5, 5.41) is 7.55. The summed E-state index contributed by atoms with van der Waals surface area (Å²) in [6, 6.07) is 0. The van der Waals surface area contributed by atoms with E-state index in [1.54, 1.807) is 0 Å². The van der Waals surface area contributed by atoms with E-state index in [0.29, 0.717) is 0 Å². The number of nitrogens with one attached hydrogen (secondary N) is 1. The molecule has 0 bridgehead atoms. The number of hydrogen-bond acceptors (Lipinski definition) is 3. The molecule has 1 aliphatic rings. The quantitative estimate of drug-likeness (QED) is 0.913. The number of aryl methyl sites for hydroxylation is 1. The van der Waals surface area contributed by atoms with Gasteiger partial charge in [-0.15, -0.1) is 12.4 Å². The van der Waals surface area contributed by atoms with Gasteiger partial charge in [0.1, 0.15) is 0 Å². The SMILES string of the molecule is CNCC1CCCN(Cc2c(Br)cnn2C)C1.Cl. The van der Waals surface area contributed by atoms with Gasteiger partial charge in [-0.05, 0) is 54.8 Å². The van der Waals surface area contributed by atoms with E-state index in [0.717, 1.165) is 23.5 Å². The Morgan fingerprint density at radius 2 is 2.33 bits per heavy atom. The number of nitrogens with zero attached hydrogens (tertiary/aromatic N) is 3. The van der Waals surface area contributed by atoms with Crippen molar-refractivity contribution in [3.05, 3.63) is 16.4 Å². The van der Waals surface area contributed by atoms with E-state index in [1.807, 2.05) is 25.0 Å². The summed E-state index contributed by atoms with van der Waals surface area (Å²) in [5.74, 6) is 0.792. The first-order valence-electron chi connectivity index (χ1n) is 6.24. The van der Waals surface area contributed by atoms with Crippen LogP contribution in [0.2, 0.25) is 0 Å². The second-order valence-corrected chi connectivity index (χ2v) is 5.72. The van der Waals surface area contributed by atoms with Crippen molar-refractivity contribution in [3.8, 4) is 0 Å². The molecular formula is C12H22BrClN4. The van der Waals surface area contributed by atoms with Gasteiger partial charge < -0.3 is 5.32 Å². The molecule has 0 amide bonds. The molecule has 0 aliphatic carbocycles. The Bertz CT molecular complexity index is 347. The van der Waals surface area contributed by atoms with Gasteiger partial charge in [-0.2, -0.15) is 5.10 Å². The van der Waals surface area contributed by atoms with Crippen molar-refractivity contribution < 1.29 is 0 Å². The van der Waals surface area contributed by atoms with Gasteiger partial charge in [0.2, 0.25) is 0 Å². The molecule has 1 N–H and O–H groups in total. The van der Waals surface area contributed by atoms with Crippen LogP contribution in [0.3, 0.4) is 0 Å². The van der Waals surface area contributed by atoms with Gasteiger partial charge in [-0.3, -0.25) is 9.58 Å². The fraction of sp³-hybridized carbons (Fsp3) is 0.750. The second-order valence-electron chi connectivity index (χ2n) is 4.86. The molecule has 0 radical (unpaired) electrons. The summed E-state index contributed by atoms with van der Waals surface area (Å²) in [6.07, 6.45) is 4.54. The van der Waals surface area contributed by atoms with Crippen LogP contribution in [-0.2, 0) is 13.6 Å². The highest BCUT2D eigenvalue weighted by molar-refractivity contribution is 9.10. The number of halogens is 2. The van der Waals surface area contributed by atoms with Crippen LogP contribution in [0.5, 0.6) is 0 Å². The monoisotopic (exact) mass is 336 g/mol. The predicted octanol–water partition coefficient (Wildman–Crippen LogP) is 2.04. The van der Waals surface area contributed by atoms with Crippen LogP contribution in [0.1, 0.15) is 18.5 Å². The average Bonchev–Trinajstić information content (AvgIpc) is 2.62. The van der Waals surface area contributed by atoms with Crippen LogP contribution in [0.4, 0.5) is 0 Å². The zero-order valence-corrected chi connectivity index (χ0v) is 13.4. The van der Waals surface area contributed by atoms with Crippen LogP contribution in [0, 0.1) is 5.92 Å². The Kier molecular flexibility index (Phi) is 6.63. The van der Waals surface area contributed by atoms with Crippen molar-refractivity contribution in [1.82, 2.24) is 20.0 Å². The summed E-state index contributed by atoms with van der Waals surface area (Å²) in [5.41, 5.74) is 1.27. The van der Waals surface area contributed by atoms with Gasteiger partial charge in [-0.1, -0.05) is 0 Å². The van der Waals surface area contributed by atoms with Crippen molar-refractivity contribution >= 4 is 28.3 Å². The molecule has 1 aliphatic heterocycles. The summed E-state index contributed by atoms with van der Waals surface area (Å²) < 4.78 is 3.09. The first kappa shape index (κ1) is 16.0. The van der Waals surface area contributed by atoms with Crippen molar-refractivity contribution in [2.75, 3.05) is 26.7 Å². The van der Waals surface area contributed by atoms with Crippen LogP contribution in [0.25, 0.3) is 0 Å². The van der Waals surface area contributed by atoms with Gasteiger partial charge in [-0.25, -0.2) is 0 Å². The molecule has 2 heterocycles. The summed E-state index contributed by atoms with van der Waals surface area (Å²) >= 11 is 3.57. The van der Waals surface area contributed by atoms with E-state index in [-0.39, 0.29) is 12.4 Å². The van der Waals surface area contributed by atoms with Crippen molar-refractivity contribution in [2.45, 2.75) is 19.4 Å². The molecule has 1 saturated heterocycles. The van der Waals surface area contributed by atoms with Crippen molar-refractivity contribution in [2.24, 2.45) is 13.0 Å². The molecule has 2 rings (SSSR count). The smallest absolute Gasteiger partial charge is 0.0663 e. The van der Waals surface area contributed by atoms with E-state index in [9.17, 15) is 0 Å². The molecule has 1 unspecified atom stereocenters. The Labute approximate surface area is 124 Å². The molecule has 1 atom stereocenters. The third-order valence-electron chi connectivity index (χ3n) is 3.48. The van der Waals surface area contributed by atoms with Gasteiger partial charge in [0.15, 0.2) is 0 Å². The number of hydrogen-bond donors (Lipinski definition) is 1. The maximum Gasteiger partial charge on any atom is 0.0663 e. The van der Waals surface area contributed by atoms with E-state index in [1.165, 1.54) is 31.6 Å². The number of piperidine rings is 1. The van der Waals surface area contributed by atoms with Crippen LogP contribution < -0.4 is 5.32 Å². The van der Waals surface area contributed by atoms with Crippen LogP contribution in [-0.4, -0.2) is 41.4 Å². The Morgan fingerprint density at radius 1 is 1.56 bits per heavy atom. The Hall–Kier alpha value is -0.100. The van der Waals surface area contributed by atoms with Crippen molar-refractivity contribution in [1.29, 1.82) is 0 Å². The number of aromatic nitrogens is 2. The lowest BCUT2D eigenvalue weighted by atomic mass is 9.98. The van der Waals surface area contributed by atoms with Crippen molar-refractivity contribution in [3.63, 3.8) is 0 Å². The summed E-state index contributed by atoms with van der Waals surface area (Å²) in [6.45, 7) is 4.52. The maximum absolute atomic E-state index is 4.27. The fourth-order valence-electron chi connectivity index (χ4n) is 2.58. The normalized spacial score (nSPS) is 20.7. The molecule has 104 valence electrons. The lowest BCUT2D eigenvalue weighted by Crippen LogP contribution is -2.38. The number of rotatable bonds is 4. The lowest BCUT2D eigenvalue weighted by Gasteiger charge is -2.32. The van der Waals surface area contributed by atoms with E-state index in [4.69, 9.17) is 0 Å². The van der Waals surface area contributed by atoms with Gasteiger partial charge in [0.25, 0.3) is 0 Å². The van der Waals surface area contributed by atoms with Gasteiger partial charge >= 0.3 is 0 Å². The first-order chi connectivity index (χ1) is 8.20. The largest absolute Gasteiger partial charge is 0.319 e. The molecule has 0 aromatic carbocycles. The summed E-state index contributed by atoms with van der Waals surface area (Å²) in [4.78, 5) is 2.54. The highest BCUT2D eigenvalue weighted by Crippen LogP contribution is 2.21. The topological polar surface area (TPSA) is 33.1 Å². The Balaban J connectivity index is 0.00000162. The molecule has 18 heavy (non-hydrogen) atoms. The zero-order chi connectivity index (χ0) is 12.3. The van der Waals surface area contributed by atoms with Gasteiger partial charge in [0, 0.05) is 20.1 Å². The first-order valence-corrected chi connectivity index (χ1v) is 7.03. The third kappa shape index (κ3) is 3.95. The zero-order valence-electron chi connectivity index (χ0n) is 11.0. The fourth-order valence-corrected chi connectivity index (χ4v) is 3.05. The minimum atomic E-state index is 0. The summed E-state index contributed by atoms with van der Waals surface area (Å²) in [7, 11) is 4.05. The highest BCUT2D eigenvalue weighted by Gasteiger charge is 2.20. The molecule has 6 heteroatoms. The third-order valence-corrected chi connectivity index (χ3v) is 4.14. The maximum atomic E-state index is 4.27. The predicted molar refractivity (Wildman–Crippen MR) is 80.1 cm³/mol. The molecule has 0 spiro atoms. The molecule has 1 aromatic rings. The molecule has 0 saturated carbocycles. The van der Waals surface area contributed by atoms with Crippen LogP contribution in [0.15, 0.2) is 10.7 Å². The highest BCUT2D eigenvalue weighted by atomic mass is 79.9. The molecule has 4 nitrogen and oxygen atoms in total. The van der Waals surface area contributed by atoms with E-state index < -0.39 is 0 Å². The molecule has 1 aromatic heterocycles. The minimum Gasteiger partial charge on any atom is -0.319 e.